The second-order valence-electron chi connectivity index (χ2n) is 5.39. The van der Waals surface area contributed by atoms with Crippen LogP contribution in [0.5, 0.6) is 0 Å². The summed E-state index contributed by atoms with van der Waals surface area (Å²) in [7, 11) is 0. The zero-order valence-electron chi connectivity index (χ0n) is 11.5. The highest BCUT2D eigenvalue weighted by Crippen LogP contribution is 2.47. The molecule has 1 aliphatic rings. The summed E-state index contributed by atoms with van der Waals surface area (Å²) in [4.78, 5) is 22.8. The lowest BCUT2D eigenvalue weighted by Gasteiger charge is -2.20. The summed E-state index contributed by atoms with van der Waals surface area (Å²) in [6, 6.07) is 5.84. The van der Waals surface area contributed by atoms with Crippen LogP contribution in [-0.2, 0) is 10.2 Å². The van der Waals surface area contributed by atoms with E-state index < -0.39 is 5.41 Å². The Morgan fingerprint density at radius 3 is 2.50 bits per heavy atom. The van der Waals surface area contributed by atoms with Crippen molar-refractivity contribution < 1.29 is 4.79 Å². The first-order valence-electron chi connectivity index (χ1n) is 6.35. The Morgan fingerprint density at radius 2 is 1.85 bits per heavy atom. The Kier molecular flexibility index (Phi) is 2.90. The average Bonchev–Trinajstić information content (AvgIpc) is 2.60. The Morgan fingerprint density at radius 1 is 1.20 bits per heavy atom. The third-order valence-corrected chi connectivity index (χ3v) is 4.28. The van der Waals surface area contributed by atoms with Gasteiger partial charge in [0, 0.05) is 10.0 Å². The first-order valence-corrected chi connectivity index (χ1v) is 7.14. The van der Waals surface area contributed by atoms with Crippen LogP contribution >= 0.6 is 15.9 Å². The summed E-state index contributed by atoms with van der Waals surface area (Å²) in [5.41, 5.74) is 2.03. The second kappa shape index (κ2) is 4.38. The lowest BCUT2D eigenvalue weighted by molar-refractivity contribution is -0.121. The molecule has 102 valence electrons. The molecule has 0 radical (unpaired) electrons. The molecule has 1 aromatic heterocycles. The largest absolute Gasteiger partial charge is 0.277 e. The molecule has 0 spiro atoms. The van der Waals surface area contributed by atoms with Crippen LogP contribution in [0.1, 0.15) is 25.2 Å². The molecule has 0 saturated carbocycles. The molecule has 0 N–H and O–H groups in total. The molecule has 3 rings (SSSR count). The molecule has 0 unspecified atom stereocenters. The van der Waals surface area contributed by atoms with E-state index >= 15 is 0 Å². The number of anilines is 2. The van der Waals surface area contributed by atoms with Gasteiger partial charge in [-0.25, -0.2) is 9.97 Å². The number of hydrogen-bond donors (Lipinski definition) is 0. The van der Waals surface area contributed by atoms with Crippen LogP contribution in [0.2, 0.25) is 0 Å². The van der Waals surface area contributed by atoms with Gasteiger partial charge in [0.25, 0.3) is 0 Å². The quantitative estimate of drug-likeness (QED) is 0.803. The van der Waals surface area contributed by atoms with Gasteiger partial charge in [-0.3, -0.25) is 9.69 Å². The van der Waals surface area contributed by atoms with E-state index in [9.17, 15) is 4.79 Å². The van der Waals surface area contributed by atoms with Crippen molar-refractivity contribution in [2.45, 2.75) is 26.2 Å². The van der Waals surface area contributed by atoms with Gasteiger partial charge >= 0.3 is 0 Å². The Hall–Kier alpha value is -1.75. The van der Waals surface area contributed by atoms with Gasteiger partial charge in [0.05, 0.1) is 29.2 Å². The standard InChI is InChI=1S/C15H14BrN3O/c1-9-17-7-10(8-18-9)19-12-6-4-5-11(16)13(12)15(2,3)14(19)20/h4-8H,1-3H3. The molecular weight excluding hydrogens is 318 g/mol. The van der Waals surface area contributed by atoms with Crippen molar-refractivity contribution in [1.82, 2.24) is 9.97 Å². The highest BCUT2D eigenvalue weighted by Gasteiger charge is 2.45. The molecule has 0 aliphatic carbocycles. The maximum Gasteiger partial charge on any atom is 0.241 e. The molecule has 2 heterocycles. The number of aryl methyl sites for hydroxylation is 1. The van der Waals surface area contributed by atoms with Gasteiger partial charge in [-0.05, 0) is 32.9 Å². The Labute approximate surface area is 126 Å². The van der Waals surface area contributed by atoms with E-state index in [1.54, 1.807) is 17.3 Å². The van der Waals surface area contributed by atoms with Crippen molar-refractivity contribution in [3.05, 3.63) is 46.5 Å². The van der Waals surface area contributed by atoms with E-state index in [-0.39, 0.29) is 5.91 Å². The molecule has 0 saturated heterocycles. The lowest BCUT2D eigenvalue weighted by atomic mass is 9.86. The Balaban J connectivity index is 2.22. The number of rotatable bonds is 1. The highest BCUT2D eigenvalue weighted by molar-refractivity contribution is 9.10. The number of hydrogen-bond acceptors (Lipinski definition) is 3. The lowest BCUT2D eigenvalue weighted by Crippen LogP contribution is -2.33. The molecular formula is C15H14BrN3O. The summed E-state index contributed by atoms with van der Waals surface area (Å²) in [5.74, 6) is 0.723. The van der Waals surface area contributed by atoms with E-state index in [0.717, 1.165) is 15.7 Å². The van der Waals surface area contributed by atoms with Gasteiger partial charge in [-0.1, -0.05) is 22.0 Å². The first-order chi connectivity index (χ1) is 9.43. The highest BCUT2D eigenvalue weighted by atomic mass is 79.9. The second-order valence-corrected chi connectivity index (χ2v) is 6.24. The predicted molar refractivity (Wildman–Crippen MR) is 81.1 cm³/mol. The van der Waals surface area contributed by atoms with Crippen LogP contribution in [0.3, 0.4) is 0 Å². The van der Waals surface area contributed by atoms with Gasteiger partial charge in [0.1, 0.15) is 5.82 Å². The fraction of sp³-hybridized carbons (Fsp3) is 0.267. The predicted octanol–water partition coefficient (Wildman–Crippen LogP) is 3.50. The zero-order chi connectivity index (χ0) is 14.5. The molecule has 1 amide bonds. The number of nitrogens with zero attached hydrogens (tertiary/aromatic N) is 3. The Bertz CT molecular complexity index is 695. The minimum atomic E-state index is -0.569. The molecule has 0 atom stereocenters. The van der Waals surface area contributed by atoms with Crippen molar-refractivity contribution >= 4 is 33.2 Å². The summed E-state index contributed by atoms with van der Waals surface area (Å²) < 4.78 is 0.948. The minimum absolute atomic E-state index is 0.0341. The summed E-state index contributed by atoms with van der Waals surface area (Å²) in [6.45, 7) is 5.70. The minimum Gasteiger partial charge on any atom is -0.277 e. The van der Waals surface area contributed by atoms with Gasteiger partial charge in [-0.2, -0.15) is 0 Å². The zero-order valence-corrected chi connectivity index (χ0v) is 13.1. The van der Waals surface area contributed by atoms with Crippen molar-refractivity contribution in [2.24, 2.45) is 0 Å². The summed E-state index contributed by atoms with van der Waals surface area (Å²) in [5, 5.41) is 0. The van der Waals surface area contributed by atoms with E-state index in [1.165, 1.54) is 0 Å². The maximum absolute atomic E-state index is 12.8. The van der Waals surface area contributed by atoms with E-state index in [4.69, 9.17) is 0 Å². The molecule has 1 aromatic carbocycles. The van der Waals surface area contributed by atoms with Crippen molar-refractivity contribution in [1.29, 1.82) is 0 Å². The molecule has 20 heavy (non-hydrogen) atoms. The molecule has 5 heteroatoms. The third kappa shape index (κ3) is 1.77. The van der Waals surface area contributed by atoms with Crippen LogP contribution in [-0.4, -0.2) is 15.9 Å². The van der Waals surface area contributed by atoms with Crippen LogP contribution in [0.4, 0.5) is 11.4 Å². The molecule has 2 aromatic rings. The first kappa shape index (κ1) is 13.2. The molecule has 4 nitrogen and oxygen atoms in total. The number of halogens is 1. The molecule has 0 bridgehead atoms. The van der Waals surface area contributed by atoms with E-state index in [0.29, 0.717) is 11.5 Å². The number of carbonyl (C=O) groups excluding carboxylic acids is 1. The number of fused-ring (bicyclic) bond motifs is 1. The summed E-state index contributed by atoms with van der Waals surface area (Å²) >= 11 is 3.55. The van der Waals surface area contributed by atoms with Gasteiger partial charge in [0.15, 0.2) is 0 Å². The van der Waals surface area contributed by atoms with E-state index in [2.05, 4.69) is 25.9 Å². The van der Waals surface area contributed by atoms with Crippen LogP contribution in [0.25, 0.3) is 0 Å². The van der Waals surface area contributed by atoms with Gasteiger partial charge in [-0.15, -0.1) is 0 Å². The number of carbonyl (C=O) groups is 1. The van der Waals surface area contributed by atoms with Crippen LogP contribution in [0, 0.1) is 6.92 Å². The molecule has 1 aliphatic heterocycles. The van der Waals surface area contributed by atoms with Gasteiger partial charge in [0.2, 0.25) is 5.91 Å². The van der Waals surface area contributed by atoms with Crippen molar-refractivity contribution in [3.63, 3.8) is 0 Å². The molecule has 0 fully saturated rings. The van der Waals surface area contributed by atoms with Crippen molar-refractivity contribution in [2.75, 3.05) is 4.90 Å². The number of benzene rings is 1. The fourth-order valence-corrected chi connectivity index (χ4v) is 3.42. The normalized spacial score (nSPS) is 16.4. The van der Waals surface area contributed by atoms with Crippen LogP contribution < -0.4 is 4.90 Å². The monoisotopic (exact) mass is 331 g/mol. The van der Waals surface area contributed by atoms with Gasteiger partial charge < -0.3 is 0 Å². The van der Waals surface area contributed by atoms with E-state index in [1.807, 2.05) is 39.0 Å². The summed E-state index contributed by atoms with van der Waals surface area (Å²) in [6.07, 6.45) is 3.37. The maximum atomic E-state index is 12.8. The fourth-order valence-electron chi connectivity index (χ4n) is 2.57. The van der Waals surface area contributed by atoms with Crippen LogP contribution in [0.15, 0.2) is 35.1 Å². The van der Waals surface area contributed by atoms with Crippen molar-refractivity contribution in [3.8, 4) is 0 Å². The SMILES string of the molecule is Cc1ncc(N2C(=O)C(C)(C)c3c(Br)cccc32)cn1. The smallest absolute Gasteiger partial charge is 0.241 e. The number of aromatic nitrogens is 2. The topological polar surface area (TPSA) is 46.1 Å². The third-order valence-electron chi connectivity index (χ3n) is 3.62. The number of amides is 1. The average molecular weight is 332 g/mol.